The Kier molecular flexibility index (Phi) is 5.81. The van der Waals surface area contributed by atoms with E-state index in [1.54, 1.807) is 23.9 Å². The van der Waals surface area contributed by atoms with E-state index in [-0.39, 0.29) is 18.5 Å². The van der Waals surface area contributed by atoms with Crippen LogP contribution >= 0.6 is 11.3 Å². The van der Waals surface area contributed by atoms with Gasteiger partial charge in [-0.25, -0.2) is 19.9 Å². The Morgan fingerprint density at radius 2 is 1.90 bits per heavy atom. The number of fused-ring (bicyclic) bond motifs is 2. The highest BCUT2D eigenvalue weighted by Crippen LogP contribution is 2.35. The third-order valence-corrected chi connectivity index (χ3v) is 8.16. The Morgan fingerprint density at radius 3 is 2.77 bits per heavy atom. The van der Waals surface area contributed by atoms with Crippen molar-refractivity contribution in [2.45, 2.75) is 19.5 Å². The van der Waals surface area contributed by atoms with E-state index < -0.39 is 0 Å². The van der Waals surface area contributed by atoms with Crippen molar-refractivity contribution >= 4 is 44.4 Å². The van der Waals surface area contributed by atoms with E-state index in [0.717, 1.165) is 57.4 Å². The predicted molar refractivity (Wildman–Crippen MR) is 154 cm³/mol. The smallest absolute Gasteiger partial charge is 0.242 e. The van der Waals surface area contributed by atoms with Gasteiger partial charge in [0.15, 0.2) is 11.5 Å². The normalized spacial score (nSPS) is 15.9. The number of imidazole rings is 2. The summed E-state index contributed by atoms with van der Waals surface area (Å²) >= 11 is 1.61. The van der Waals surface area contributed by atoms with Crippen molar-refractivity contribution in [3.63, 3.8) is 0 Å². The van der Waals surface area contributed by atoms with Gasteiger partial charge in [-0.2, -0.15) is 0 Å². The first-order valence-corrected chi connectivity index (χ1v) is 13.8. The van der Waals surface area contributed by atoms with Crippen LogP contribution in [0, 0.1) is 0 Å². The second-order valence-corrected chi connectivity index (χ2v) is 10.6. The number of nitrogens with one attached hydrogen (secondary N) is 1. The maximum absolute atomic E-state index is 13.2. The fraction of sp³-hybridized carbons (Fsp3) is 0.207. The Morgan fingerprint density at radius 1 is 1.00 bits per heavy atom. The van der Waals surface area contributed by atoms with Crippen molar-refractivity contribution in [3.8, 4) is 22.6 Å². The summed E-state index contributed by atoms with van der Waals surface area (Å²) in [4.78, 5) is 39.3. The highest BCUT2D eigenvalue weighted by molar-refractivity contribution is 7.14. The van der Waals surface area contributed by atoms with Gasteiger partial charge in [-0.1, -0.05) is 36.4 Å². The molecular weight excluding hydrogens is 508 g/mol. The van der Waals surface area contributed by atoms with Crippen molar-refractivity contribution in [1.29, 1.82) is 0 Å². The zero-order chi connectivity index (χ0) is 26.3. The molecule has 9 nitrogen and oxygen atoms in total. The van der Waals surface area contributed by atoms with E-state index in [4.69, 9.17) is 4.98 Å². The van der Waals surface area contributed by atoms with Crippen molar-refractivity contribution < 1.29 is 4.79 Å². The van der Waals surface area contributed by atoms with Crippen molar-refractivity contribution in [1.82, 2.24) is 34.4 Å². The third kappa shape index (κ3) is 4.32. The first-order chi connectivity index (χ1) is 19.1. The van der Waals surface area contributed by atoms with Gasteiger partial charge in [-0.05, 0) is 42.3 Å². The van der Waals surface area contributed by atoms with Crippen LogP contribution in [0.1, 0.15) is 6.92 Å². The Bertz CT molecular complexity index is 1790. The fourth-order valence-electron chi connectivity index (χ4n) is 5.32. The summed E-state index contributed by atoms with van der Waals surface area (Å²) in [7, 11) is 0. The molecule has 4 aromatic heterocycles. The molecule has 0 bridgehead atoms. The van der Waals surface area contributed by atoms with E-state index in [0.29, 0.717) is 6.54 Å². The summed E-state index contributed by atoms with van der Waals surface area (Å²) in [5, 5.41) is 1.07. The van der Waals surface area contributed by atoms with E-state index in [9.17, 15) is 4.79 Å². The van der Waals surface area contributed by atoms with Crippen LogP contribution < -0.4 is 4.90 Å². The minimum atomic E-state index is 0.0491. The number of carbonyl (C=O) groups excluding carboxylic acids is 1. The van der Waals surface area contributed by atoms with Crippen LogP contribution in [0.3, 0.4) is 0 Å². The molecule has 1 aliphatic rings. The summed E-state index contributed by atoms with van der Waals surface area (Å²) in [6.07, 6.45) is 3.42. The summed E-state index contributed by atoms with van der Waals surface area (Å²) in [6.45, 7) is 4.42. The van der Waals surface area contributed by atoms with E-state index in [2.05, 4.69) is 62.1 Å². The third-order valence-electron chi connectivity index (χ3n) is 7.28. The lowest BCUT2D eigenvalue weighted by atomic mass is 10.1. The maximum atomic E-state index is 13.2. The Labute approximate surface area is 228 Å². The highest BCUT2D eigenvalue weighted by Gasteiger charge is 2.30. The van der Waals surface area contributed by atoms with Crippen LogP contribution in [0.5, 0.6) is 0 Å². The molecule has 1 N–H and O–H groups in total. The summed E-state index contributed by atoms with van der Waals surface area (Å²) in [5.41, 5.74) is 8.45. The summed E-state index contributed by atoms with van der Waals surface area (Å²) in [6, 6.07) is 20.4. The lowest BCUT2D eigenvalue weighted by Gasteiger charge is -2.40. The quantitative estimate of drug-likeness (QED) is 0.340. The number of benzene rings is 2. The number of amides is 1. The van der Waals surface area contributed by atoms with Gasteiger partial charge in [-0.15, -0.1) is 11.3 Å². The van der Waals surface area contributed by atoms with E-state index in [1.807, 2.05) is 45.3 Å². The van der Waals surface area contributed by atoms with Gasteiger partial charge in [0.2, 0.25) is 5.91 Å². The van der Waals surface area contributed by atoms with E-state index in [1.165, 1.54) is 5.56 Å². The minimum Gasteiger partial charge on any atom is -0.358 e. The number of hydrogen-bond donors (Lipinski definition) is 1. The number of aromatic amines is 1. The number of carbonyl (C=O) groups is 1. The van der Waals surface area contributed by atoms with Crippen molar-refractivity contribution in [3.05, 3.63) is 78.7 Å². The summed E-state index contributed by atoms with van der Waals surface area (Å²) < 4.78 is 1.82. The average Bonchev–Trinajstić information content (AvgIpc) is 3.71. The number of hydrogen-bond acceptors (Lipinski definition) is 7. The molecule has 1 aliphatic heterocycles. The predicted octanol–water partition coefficient (Wildman–Crippen LogP) is 4.84. The zero-order valence-corrected chi connectivity index (χ0v) is 22.2. The Hall–Kier alpha value is -4.57. The number of H-pyrrole nitrogens is 1. The highest BCUT2D eigenvalue weighted by atomic mass is 32.1. The van der Waals surface area contributed by atoms with E-state index >= 15 is 0 Å². The SMILES string of the molecule is C[C@@H]1CN(c2scnc2-c2nc3ccc(-c4ccccc4)cc3[nH]2)CCN1C(=O)Cn1cnc2cccnc21. The van der Waals surface area contributed by atoms with Gasteiger partial charge in [0.1, 0.15) is 22.8 Å². The second-order valence-electron chi connectivity index (χ2n) is 9.79. The number of nitrogens with zero attached hydrogens (tertiary/aromatic N) is 7. The number of piperazine rings is 1. The number of aromatic nitrogens is 6. The molecule has 10 heteroatoms. The number of pyridine rings is 1. The van der Waals surface area contributed by atoms with Crippen LogP contribution in [0.4, 0.5) is 5.00 Å². The van der Waals surface area contributed by atoms with Crippen LogP contribution in [0.15, 0.2) is 78.7 Å². The number of rotatable bonds is 5. The molecule has 5 heterocycles. The van der Waals surface area contributed by atoms with Crippen molar-refractivity contribution in [2.24, 2.45) is 0 Å². The molecular formula is C29H26N8OS. The molecule has 39 heavy (non-hydrogen) atoms. The molecule has 0 aliphatic carbocycles. The van der Waals surface area contributed by atoms with Crippen LogP contribution in [0.2, 0.25) is 0 Å². The minimum absolute atomic E-state index is 0.0491. The number of anilines is 1. The molecule has 0 saturated carbocycles. The maximum Gasteiger partial charge on any atom is 0.242 e. The van der Waals surface area contributed by atoms with Crippen molar-refractivity contribution in [2.75, 3.05) is 24.5 Å². The van der Waals surface area contributed by atoms with Gasteiger partial charge in [-0.3, -0.25) is 4.79 Å². The van der Waals surface area contributed by atoms with Gasteiger partial charge in [0, 0.05) is 31.9 Å². The van der Waals surface area contributed by atoms with Crippen LogP contribution in [-0.2, 0) is 11.3 Å². The van der Waals surface area contributed by atoms with Crippen LogP contribution in [-0.4, -0.2) is 66.0 Å². The fourth-order valence-corrected chi connectivity index (χ4v) is 6.15. The standard InChI is InChI=1S/C29H26N8OS/c1-19-15-35(12-13-37(19)25(38)16-36-17-31-23-8-5-11-30-28(23)36)29-26(32-18-39-29)27-33-22-10-9-21(14-24(22)34-27)20-6-3-2-4-7-20/h2-11,14,17-19H,12-13,15-16H2,1H3,(H,33,34)/t19-/m1/s1. The lowest BCUT2D eigenvalue weighted by Crippen LogP contribution is -2.54. The number of thiazole rings is 1. The first-order valence-electron chi connectivity index (χ1n) is 12.9. The topological polar surface area (TPSA) is 95.8 Å². The van der Waals surface area contributed by atoms with Gasteiger partial charge in [0.25, 0.3) is 0 Å². The molecule has 7 rings (SSSR count). The molecule has 194 valence electrons. The van der Waals surface area contributed by atoms with Gasteiger partial charge >= 0.3 is 0 Å². The molecule has 1 fully saturated rings. The lowest BCUT2D eigenvalue weighted by molar-refractivity contribution is -0.134. The molecule has 1 saturated heterocycles. The molecule has 6 aromatic rings. The van der Waals surface area contributed by atoms with Gasteiger partial charge < -0.3 is 19.4 Å². The molecule has 1 amide bonds. The average molecular weight is 535 g/mol. The summed E-state index contributed by atoms with van der Waals surface area (Å²) in [5.74, 6) is 0.834. The molecule has 0 radical (unpaired) electrons. The Balaban J connectivity index is 1.09. The zero-order valence-electron chi connectivity index (χ0n) is 21.4. The molecule has 2 aromatic carbocycles. The second kappa shape index (κ2) is 9.63. The largest absolute Gasteiger partial charge is 0.358 e. The monoisotopic (exact) mass is 534 g/mol. The van der Waals surface area contributed by atoms with Gasteiger partial charge in [0.05, 0.1) is 22.9 Å². The molecule has 0 spiro atoms. The molecule has 0 unspecified atom stereocenters. The first kappa shape index (κ1) is 23.5. The van der Waals surface area contributed by atoms with Crippen LogP contribution in [0.25, 0.3) is 44.8 Å². The molecule has 1 atom stereocenters.